The van der Waals surface area contributed by atoms with Crippen molar-refractivity contribution in [1.29, 1.82) is 0 Å². The van der Waals surface area contributed by atoms with Crippen molar-refractivity contribution in [1.82, 2.24) is 23.9 Å². The molecule has 0 unspecified atom stereocenters. The summed E-state index contributed by atoms with van der Waals surface area (Å²) in [4.78, 5) is 8.36. The number of sulfonamides is 1. The van der Waals surface area contributed by atoms with E-state index in [2.05, 4.69) is 15.1 Å². The third-order valence-electron chi connectivity index (χ3n) is 3.52. The fourth-order valence-electron chi connectivity index (χ4n) is 2.03. The normalized spacial score (nSPS) is 12.5. The minimum absolute atomic E-state index is 0.193. The maximum Gasteiger partial charge on any atom is 0.284 e. The average molecular weight is 297 g/mol. The second kappa shape index (κ2) is 5.10. The number of hydrogen-bond donors (Lipinski definition) is 0. The van der Waals surface area contributed by atoms with Crippen molar-refractivity contribution >= 4 is 15.8 Å². The Kier molecular flexibility index (Phi) is 3.79. The van der Waals surface area contributed by atoms with Gasteiger partial charge in [0, 0.05) is 24.5 Å². The van der Waals surface area contributed by atoms with Crippen LogP contribution in [0, 0.1) is 20.8 Å². The van der Waals surface area contributed by atoms with Crippen molar-refractivity contribution in [3.8, 4) is 0 Å². The van der Waals surface area contributed by atoms with Crippen LogP contribution in [0.3, 0.4) is 0 Å². The highest BCUT2D eigenvalue weighted by Crippen LogP contribution is 2.16. The molecule has 0 aliphatic rings. The average Bonchev–Trinajstić information content (AvgIpc) is 2.82. The van der Waals surface area contributed by atoms with Crippen molar-refractivity contribution in [3.63, 3.8) is 0 Å². The molecule has 0 atom stereocenters. The Balaban J connectivity index is 2.67. The van der Waals surface area contributed by atoms with Crippen LogP contribution in [-0.4, -0.2) is 45.4 Å². The highest BCUT2D eigenvalue weighted by molar-refractivity contribution is 7.88. The van der Waals surface area contributed by atoms with Gasteiger partial charge < -0.3 is 0 Å². The fraction of sp³-hybridized carbons (Fsp3) is 0.583. The summed E-state index contributed by atoms with van der Waals surface area (Å²) in [5.41, 5.74) is 2.66. The van der Waals surface area contributed by atoms with Gasteiger partial charge in [0.2, 0.25) is 0 Å². The quantitative estimate of drug-likeness (QED) is 0.843. The van der Waals surface area contributed by atoms with Crippen molar-refractivity contribution in [2.45, 2.75) is 39.8 Å². The molecular weight excluding hydrogens is 278 g/mol. The van der Waals surface area contributed by atoms with Gasteiger partial charge in [-0.3, -0.25) is 0 Å². The molecule has 0 aliphatic heterocycles. The summed E-state index contributed by atoms with van der Waals surface area (Å²) in [7, 11) is -3.66. The lowest BCUT2D eigenvalue weighted by atomic mass is 10.2. The predicted molar refractivity (Wildman–Crippen MR) is 75.1 cm³/mol. The van der Waals surface area contributed by atoms with E-state index in [1.165, 1.54) is 8.82 Å². The largest absolute Gasteiger partial charge is 0.284 e. The number of nitrogens with zero attached hydrogens (tertiary/aromatic N) is 5. The Labute approximate surface area is 118 Å². The van der Waals surface area contributed by atoms with Crippen LogP contribution < -0.4 is 0 Å². The first-order valence-corrected chi connectivity index (χ1v) is 7.97. The second-order valence-electron chi connectivity index (χ2n) is 4.60. The number of aryl methyl sites for hydroxylation is 2. The van der Waals surface area contributed by atoms with Crippen molar-refractivity contribution in [3.05, 3.63) is 17.0 Å². The van der Waals surface area contributed by atoms with Crippen LogP contribution in [0.15, 0.2) is 5.16 Å². The minimum Gasteiger partial charge on any atom is -0.216 e. The van der Waals surface area contributed by atoms with Crippen LogP contribution in [0.25, 0.3) is 5.78 Å². The lowest BCUT2D eigenvalue weighted by Crippen LogP contribution is -2.31. The fourth-order valence-corrected chi connectivity index (χ4v) is 3.32. The first-order chi connectivity index (χ1) is 9.32. The van der Waals surface area contributed by atoms with Gasteiger partial charge in [-0.2, -0.15) is 13.8 Å². The zero-order valence-corrected chi connectivity index (χ0v) is 13.2. The molecule has 110 valence electrons. The molecule has 0 spiro atoms. The zero-order chi connectivity index (χ0) is 15.1. The third kappa shape index (κ3) is 2.18. The number of rotatable bonds is 4. The molecule has 2 aromatic heterocycles. The van der Waals surface area contributed by atoms with E-state index in [4.69, 9.17) is 0 Å². The highest BCUT2D eigenvalue weighted by Gasteiger charge is 2.27. The molecular formula is C12H19N5O2S. The van der Waals surface area contributed by atoms with Crippen molar-refractivity contribution in [2.24, 2.45) is 0 Å². The van der Waals surface area contributed by atoms with Crippen LogP contribution in [0.4, 0.5) is 0 Å². The van der Waals surface area contributed by atoms with Crippen LogP contribution in [0.2, 0.25) is 0 Å². The maximum absolute atomic E-state index is 12.4. The zero-order valence-electron chi connectivity index (χ0n) is 12.4. The van der Waals surface area contributed by atoms with Gasteiger partial charge in [0.25, 0.3) is 21.0 Å². The summed E-state index contributed by atoms with van der Waals surface area (Å²) < 4.78 is 27.6. The Morgan fingerprint density at radius 1 is 1.10 bits per heavy atom. The van der Waals surface area contributed by atoms with Crippen LogP contribution >= 0.6 is 0 Å². The van der Waals surface area contributed by atoms with Gasteiger partial charge in [-0.05, 0) is 26.3 Å². The van der Waals surface area contributed by atoms with E-state index in [0.717, 1.165) is 17.0 Å². The first kappa shape index (κ1) is 14.9. The van der Waals surface area contributed by atoms with Crippen molar-refractivity contribution in [2.75, 3.05) is 13.1 Å². The molecule has 0 fully saturated rings. The molecule has 8 heteroatoms. The molecule has 0 radical (unpaired) electrons. The van der Waals surface area contributed by atoms with E-state index in [1.54, 1.807) is 13.8 Å². The molecule has 2 rings (SSSR count). The third-order valence-corrected chi connectivity index (χ3v) is 5.35. The Hall–Kier alpha value is -1.54. The number of hydrogen-bond acceptors (Lipinski definition) is 5. The summed E-state index contributed by atoms with van der Waals surface area (Å²) in [6.45, 7) is 10.0. The Morgan fingerprint density at radius 3 is 2.25 bits per heavy atom. The first-order valence-electron chi connectivity index (χ1n) is 6.53. The lowest BCUT2D eigenvalue weighted by molar-refractivity contribution is 0.439. The van der Waals surface area contributed by atoms with E-state index >= 15 is 0 Å². The molecule has 0 saturated heterocycles. The van der Waals surface area contributed by atoms with E-state index < -0.39 is 10.0 Å². The van der Waals surface area contributed by atoms with Gasteiger partial charge in [0.15, 0.2) is 0 Å². The van der Waals surface area contributed by atoms with Crippen LogP contribution in [-0.2, 0) is 10.0 Å². The van der Waals surface area contributed by atoms with E-state index in [9.17, 15) is 8.42 Å². The molecule has 7 nitrogen and oxygen atoms in total. The summed E-state index contributed by atoms with van der Waals surface area (Å²) in [5.74, 6) is 0.316. The predicted octanol–water partition coefficient (Wildman–Crippen LogP) is 1.08. The SMILES string of the molecule is CCN(CC)S(=O)(=O)c1nc2nc(C)c(C)c(C)n2n1. The highest BCUT2D eigenvalue weighted by atomic mass is 32.2. The second-order valence-corrected chi connectivity index (χ2v) is 6.43. The van der Waals surface area contributed by atoms with Gasteiger partial charge in [-0.1, -0.05) is 13.8 Å². The van der Waals surface area contributed by atoms with E-state index in [1.807, 2.05) is 20.8 Å². The topological polar surface area (TPSA) is 80.5 Å². The molecule has 0 aliphatic carbocycles. The van der Waals surface area contributed by atoms with E-state index in [0.29, 0.717) is 18.9 Å². The van der Waals surface area contributed by atoms with E-state index in [-0.39, 0.29) is 5.16 Å². The monoisotopic (exact) mass is 297 g/mol. The molecule has 0 amide bonds. The van der Waals surface area contributed by atoms with Gasteiger partial charge in [0.1, 0.15) is 0 Å². The number of aromatic nitrogens is 4. The minimum atomic E-state index is -3.66. The molecule has 0 saturated carbocycles. The van der Waals surface area contributed by atoms with Crippen LogP contribution in [0.1, 0.15) is 30.8 Å². The summed E-state index contributed by atoms with van der Waals surface area (Å²) >= 11 is 0. The molecule has 20 heavy (non-hydrogen) atoms. The summed E-state index contributed by atoms with van der Waals surface area (Å²) in [6.07, 6.45) is 0. The molecule has 0 aromatic carbocycles. The van der Waals surface area contributed by atoms with Crippen molar-refractivity contribution < 1.29 is 8.42 Å². The van der Waals surface area contributed by atoms with Gasteiger partial charge in [-0.15, -0.1) is 5.10 Å². The molecule has 2 aromatic rings. The smallest absolute Gasteiger partial charge is 0.216 e. The summed E-state index contributed by atoms with van der Waals surface area (Å²) in [6, 6.07) is 0. The Morgan fingerprint density at radius 2 is 1.70 bits per heavy atom. The van der Waals surface area contributed by atoms with Crippen LogP contribution in [0.5, 0.6) is 0 Å². The molecule has 2 heterocycles. The Bertz CT molecular complexity index is 747. The lowest BCUT2D eigenvalue weighted by Gasteiger charge is -2.15. The van der Waals surface area contributed by atoms with Gasteiger partial charge in [-0.25, -0.2) is 13.4 Å². The summed E-state index contributed by atoms with van der Waals surface area (Å²) in [5, 5.41) is 3.92. The molecule has 0 N–H and O–H groups in total. The number of fused-ring (bicyclic) bond motifs is 1. The van der Waals surface area contributed by atoms with Gasteiger partial charge >= 0.3 is 0 Å². The maximum atomic E-state index is 12.4. The standard InChI is InChI=1S/C12H19N5O2S/c1-6-16(7-2)20(18,19)12-14-11-13-9(4)8(3)10(5)17(11)15-12/h6-7H2,1-5H3. The van der Waals surface area contributed by atoms with Gasteiger partial charge in [0.05, 0.1) is 0 Å². The molecule has 0 bridgehead atoms.